The molecule has 1 N–H and O–H groups in total. The second kappa shape index (κ2) is 3.80. The molecule has 1 atom stereocenters. The minimum Gasteiger partial charge on any atom is -0.356 e. The van der Waals surface area contributed by atoms with Crippen molar-refractivity contribution in [1.29, 1.82) is 0 Å². The van der Waals surface area contributed by atoms with E-state index < -0.39 is 0 Å². The van der Waals surface area contributed by atoms with E-state index in [9.17, 15) is 0 Å². The predicted molar refractivity (Wildman–Crippen MR) is 62.9 cm³/mol. The van der Waals surface area contributed by atoms with Crippen LogP contribution in [0.1, 0.15) is 6.92 Å². The first kappa shape index (κ1) is 9.21. The molecule has 0 aliphatic rings. The van der Waals surface area contributed by atoms with Gasteiger partial charge in [-0.1, -0.05) is 29.5 Å². The molecular weight excluding hydrogens is 192 g/mol. The highest BCUT2D eigenvalue weighted by Gasteiger charge is 2.03. The van der Waals surface area contributed by atoms with Crippen molar-refractivity contribution in [3.63, 3.8) is 0 Å². The molecule has 0 spiro atoms. The molecular formula is C11H12N2S. The van der Waals surface area contributed by atoms with Crippen molar-refractivity contribution in [2.24, 2.45) is 0 Å². The van der Waals surface area contributed by atoms with Crippen molar-refractivity contribution in [2.75, 3.05) is 5.32 Å². The SMILES string of the molecule is C=CC(C)Nc1nc2ccccc2s1. The summed E-state index contributed by atoms with van der Waals surface area (Å²) in [7, 11) is 0. The predicted octanol–water partition coefficient (Wildman–Crippen LogP) is 3.28. The van der Waals surface area contributed by atoms with Crippen LogP contribution < -0.4 is 5.32 Å². The van der Waals surface area contributed by atoms with Gasteiger partial charge in [0, 0.05) is 6.04 Å². The van der Waals surface area contributed by atoms with Crippen LogP contribution in [0.25, 0.3) is 10.2 Å². The van der Waals surface area contributed by atoms with Crippen molar-refractivity contribution >= 4 is 26.7 Å². The molecule has 0 aliphatic carbocycles. The highest BCUT2D eigenvalue weighted by Crippen LogP contribution is 2.25. The van der Waals surface area contributed by atoms with Gasteiger partial charge < -0.3 is 5.32 Å². The number of nitrogens with zero attached hydrogens (tertiary/aromatic N) is 1. The molecule has 2 rings (SSSR count). The average Bonchev–Trinajstić information content (AvgIpc) is 2.59. The van der Waals surface area contributed by atoms with Crippen LogP contribution in [0.4, 0.5) is 5.13 Å². The molecule has 0 saturated heterocycles. The van der Waals surface area contributed by atoms with Crippen molar-refractivity contribution in [3.8, 4) is 0 Å². The van der Waals surface area contributed by atoms with E-state index in [1.807, 2.05) is 24.3 Å². The van der Waals surface area contributed by atoms with Gasteiger partial charge in [0.1, 0.15) is 0 Å². The van der Waals surface area contributed by atoms with Crippen LogP contribution in [-0.4, -0.2) is 11.0 Å². The van der Waals surface area contributed by atoms with E-state index in [-0.39, 0.29) is 6.04 Å². The monoisotopic (exact) mass is 204 g/mol. The van der Waals surface area contributed by atoms with Crippen molar-refractivity contribution < 1.29 is 0 Å². The average molecular weight is 204 g/mol. The zero-order valence-electron chi connectivity index (χ0n) is 8.03. The van der Waals surface area contributed by atoms with Gasteiger partial charge in [0.2, 0.25) is 0 Å². The molecule has 0 radical (unpaired) electrons. The molecule has 0 aliphatic heterocycles. The summed E-state index contributed by atoms with van der Waals surface area (Å²) < 4.78 is 1.21. The maximum atomic E-state index is 4.46. The summed E-state index contributed by atoms with van der Waals surface area (Å²) in [6.45, 7) is 5.78. The summed E-state index contributed by atoms with van der Waals surface area (Å²) in [4.78, 5) is 4.46. The standard InChI is InChI=1S/C11H12N2S/c1-3-8(2)12-11-13-9-6-4-5-7-10(9)14-11/h3-8H,1H2,2H3,(H,12,13). The van der Waals surface area contributed by atoms with Crippen LogP contribution in [0.3, 0.4) is 0 Å². The van der Waals surface area contributed by atoms with E-state index in [1.165, 1.54) is 4.70 Å². The summed E-state index contributed by atoms with van der Waals surface area (Å²) >= 11 is 1.67. The van der Waals surface area contributed by atoms with Gasteiger partial charge in [-0.2, -0.15) is 0 Å². The number of hydrogen-bond donors (Lipinski definition) is 1. The van der Waals surface area contributed by atoms with E-state index in [2.05, 4.69) is 29.9 Å². The van der Waals surface area contributed by atoms with Crippen molar-refractivity contribution in [1.82, 2.24) is 4.98 Å². The molecule has 1 aromatic carbocycles. The van der Waals surface area contributed by atoms with Gasteiger partial charge in [0.25, 0.3) is 0 Å². The number of aromatic nitrogens is 1. The Bertz CT molecular complexity index is 414. The Morgan fingerprint density at radius 2 is 2.29 bits per heavy atom. The summed E-state index contributed by atoms with van der Waals surface area (Å²) in [6.07, 6.45) is 1.87. The third kappa shape index (κ3) is 1.77. The molecule has 0 fully saturated rings. The number of nitrogens with one attached hydrogen (secondary N) is 1. The van der Waals surface area contributed by atoms with Crippen molar-refractivity contribution in [3.05, 3.63) is 36.9 Å². The molecule has 1 heterocycles. The van der Waals surface area contributed by atoms with Gasteiger partial charge in [-0.15, -0.1) is 6.58 Å². The van der Waals surface area contributed by atoms with Crippen LogP contribution >= 0.6 is 11.3 Å². The zero-order chi connectivity index (χ0) is 9.97. The third-order valence-electron chi connectivity index (χ3n) is 2.00. The molecule has 14 heavy (non-hydrogen) atoms. The number of fused-ring (bicyclic) bond motifs is 1. The van der Waals surface area contributed by atoms with Crippen LogP contribution in [0.5, 0.6) is 0 Å². The lowest BCUT2D eigenvalue weighted by atomic mass is 10.3. The number of benzene rings is 1. The lowest BCUT2D eigenvalue weighted by Crippen LogP contribution is -2.10. The van der Waals surface area contributed by atoms with Gasteiger partial charge in [-0.05, 0) is 19.1 Å². The maximum Gasteiger partial charge on any atom is 0.184 e. The van der Waals surface area contributed by atoms with E-state index in [0.29, 0.717) is 0 Å². The first-order chi connectivity index (χ1) is 6.79. The Labute approximate surface area is 87.3 Å². The fraction of sp³-hybridized carbons (Fsp3) is 0.182. The molecule has 3 heteroatoms. The zero-order valence-corrected chi connectivity index (χ0v) is 8.84. The lowest BCUT2D eigenvalue weighted by molar-refractivity contribution is 0.997. The quantitative estimate of drug-likeness (QED) is 0.776. The van der Waals surface area contributed by atoms with Gasteiger partial charge in [-0.3, -0.25) is 0 Å². The second-order valence-electron chi connectivity index (χ2n) is 3.16. The summed E-state index contributed by atoms with van der Waals surface area (Å²) in [5.74, 6) is 0. The Hall–Kier alpha value is -1.35. The summed E-state index contributed by atoms with van der Waals surface area (Å²) in [5.41, 5.74) is 1.05. The highest BCUT2D eigenvalue weighted by atomic mass is 32.1. The minimum absolute atomic E-state index is 0.260. The van der Waals surface area contributed by atoms with Gasteiger partial charge in [0.05, 0.1) is 10.2 Å². The van der Waals surface area contributed by atoms with Crippen LogP contribution in [0.2, 0.25) is 0 Å². The molecule has 0 amide bonds. The molecule has 72 valence electrons. The molecule has 0 saturated carbocycles. The lowest BCUT2D eigenvalue weighted by Gasteiger charge is -2.05. The topological polar surface area (TPSA) is 24.9 Å². The fourth-order valence-corrected chi connectivity index (χ4v) is 2.15. The Morgan fingerprint density at radius 3 is 3.00 bits per heavy atom. The van der Waals surface area contributed by atoms with Gasteiger partial charge >= 0.3 is 0 Å². The number of thiazole rings is 1. The van der Waals surface area contributed by atoms with E-state index in [0.717, 1.165) is 10.6 Å². The first-order valence-corrected chi connectivity index (χ1v) is 5.36. The van der Waals surface area contributed by atoms with Gasteiger partial charge in [0.15, 0.2) is 5.13 Å². The third-order valence-corrected chi connectivity index (χ3v) is 2.97. The largest absolute Gasteiger partial charge is 0.356 e. The number of rotatable bonds is 3. The smallest absolute Gasteiger partial charge is 0.184 e. The Kier molecular flexibility index (Phi) is 2.50. The van der Waals surface area contributed by atoms with Gasteiger partial charge in [-0.25, -0.2) is 4.98 Å². The second-order valence-corrected chi connectivity index (χ2v) is 4.19. The summed E-state index contributed by atoms with van der Waals surface area (Å²) in [5, 5.41) is 4.23. The molecule has 2 nitrogen and oxygen atoms in total. The highest BCUT2D eigenvalue weighted by molar-refractivity contribution is 7.22. The van der Waals surface area contributed by atoms with Crippen LogP contribution in [-0.2, 0) is 0 Å². The normalized spacial score (nSPS) is 12.6. The molecule has 1 aromatic heterocycles. The van der Waals surface area contributed by atoms with E-state index in [1.54, 1.807) is 11.3 Å². The van der Waals surface area contributed by atoms with E-state index in [4.69, 9.17) is 0 Å². The number of anilines is 1. The Balaban J connectivity index is 2.31. The summed E-state index contributed by atoms with van der Waals surface area (Å²) in [6, 6.07) is 8.40. The molecule has 2 aromatic rings. The van der Waals surface area contributed by atoms with Crippen LogP contribution in [0.15, 0.2) is 36.9 Å². The van der Waals surface area contributed by atoms with Crippen molar-refractivity contribution in [2.45, 2.75) is 13.0 Å². The first-order valence-electron chi connectivity index (χ1n) is 4.54. The molecule has 0 bridgehead atoms. The fourth-order valence-electron chi connectivity index (χ4n) is 1.19. The Morgan fingerprint density at radius 1 is 1.50 bits per heavy atom. The molecule has 1 unspecified atom stereocenters. The van der Waals surface area contributed by atoms with E-state index >= 15 is 0 Å². The number of hydrogen-bond acceptors (Lipinski definition) is 3. The number of para-hydroxylation sites is 1. The minimum atomic E-state index is 0.260. The maximum absolute atomic E-state index is 4.46. The van der Waals surface area contributed by atoms with Crippen LogP contribution in [0, 0.1) is 0 Å².